The number of nitrogens with one attached hydrogen (secondary N) is 1. The average Bonchev–Trinajstić information content (AvgIpc) is 2.88. The van der Waals surface area contributed by atoms with E-state index in [0.717, 1.165) is 22.9 Å². The van der Waals surface area contributed by atoms with E-state index in [-0.39, 0.29) is 24.2 Å². The van der Waals surface area contributed by atoms with Gasteiger partial charge >= 0.3 is 0 Å². The Kier molecular flexibility index (Phi) is 4.96. The molecule has 0 bridgehead atoms. The molecule has 0 aliphatic carbocycles. The topological polar surface area (TPSA) is 64.4 Å². The second-order valence-corrected chi connectivity index (χ2v) is 5.76. The number of benzene rings is 1. The van der Waals surface area contributed by atoms with E-state index in [9.17, 15) is 4.79 Å². The van der Waals surface area contributed by atoms with Crippen LogP contribution in [-0.2, 0) is 9.53 Å². The minimum atomic E-state index is -0.355. The van der Waals surface area contributed by atoms with E-state index in [2.05, 4.69) is 21.2 Å². The fourth-order valence-electron chi connectivity index (χ4n) is 2.21. The predicted molar refractivity (Wildman–Crippen MR) is 77.6 cm³/mol. The number of hydrogen-bond donors (Lipinski definition) is 2. The zero-order chi connectivity index (χ0) is 13.8. The Labute approximate surface area is 121 Å². The van der Waals surface area contributed by atoms with E-state index >= 15 is 0 Å². The van der Waals surface area contributed by atoms with Gasteiger partial charge in [-0.3, -0.25) is 4.79 Å². The van der Waals surface area contributed by atoms with E-state index in [1.54, 1.807) is 0 Å². The Balaban J connectivity index is 1.90. The maximum Gasteiger partial charge on any atom is 0.249 e. The van der Waals surface area contributed by atoms with Crippen molar-refractivity contribution in [1.82, 2.24) is 5.32 Å². The van der Waals surface area contributed by atoms with Crippen LogP contribution in [-0.4, -0.2) is 24.7 Å². The van der Waals surface area contributed by atoms with Crippen molar-refractivity contribution in [1.29, 1.82) is 0 Å². The maximum atomic E-state index is 12.1. The Morgan fingerprint density at radius 2 is 2.16 bits per heavy atom. The molecule has 1 aliphatic heterocycles. The molecular formula is C14H19BrN2O2. The van der Waals surface area contributed by atoms with Crippen LogP contribution in [0.1, 0.15) is 31.4 Å². The number of hydrogen-bond acceptors (Lipinski definition) is 3. The molecule has 3 atom stereocenters. The molecule has 1 amide bonds. The van der Waals surface area contributed by atoms with Crippen molar-refractivity contribution in [2.24, 2.45) is 5.73 Å². The molecule has 2 rings (SSSR count). The largest absolute Gasteiger partial charge is 0.364 e. The third-order valence-corrected chi connectivity index (χ3v) is 3.92. The molecule has 1 fully saturated rings. The van der Waals surface area contributed by atoms with Gasteiger partial charge in [0.2, 0.25) is 5.91 Å². The standard InChI is InChI=1S/C14H19BrN2O2/c1-9(10-2-4-11(15)5-3-10)17-14(18)13-7-6-12(8-16)19-13/h2-5,9,12-13H,6-8,16H2,1H3,(H,17,18)/t9-,12?,13?/m0/s1. The van der Waals surface area contributed by atoms with Gasteiger partial charge in [0.25, 0.3) is 0 Å². The Bertz CT molecular complexity index is 436. The molecule has 1 aliphatic rings. The molecule has 0 radical (unpaired) electrons. The van der Waals surface area contributed by atoms with E-state index in [4.69, 9.17) is 10.5 Å². The Morgan fingerprint density at radius 3 is 2.74 bits per heavy atom. The monoisotopic (exact) mass is 326 g/mol. The molecule has 19 heavy (non-hydrogen) atoms. The second kappa shape index (κ2) is 6.50. The van der Waals surface area contributed by atoms with E-state index < -0.39 is 0 Å². The summed E-state index contributed by atoms with van der Waals surface area (Å²) in [5, 5.41) is 2.98. The average molecular weight is 327 g/mol. The van der Waals surface area contributed by atoms with Gasteiger partial charge in [0.15, 0.2) is 0 Å². The van der Waals surface area contributed by atoms with Crippen LogP contribution in [0.15, 0.2) is 28.7 Å². The van der Waals surface area contributed by atoms with E-state index in [1.165, 1.54) is 0 Å². The van der Waals surface area contributed by atoms with Gasteiger partial charge in [-0.05, 0) is 37.5 Å². The van der Waals surface area contributed by atoms with Gasteiger partial charge in [-0.1, -0.05) is 28.1 Å². The fourth-order valence-corrected chi connectivity index (χ4v) is 2.48. The van der Waals surface area contributed by atoms with E-state index in [0.29, 0.717) is 6.54 Å². The lowest BCUT2D eigenvalue weighted by atomic mass is 10.1. The first-order valence-electron chi connectivity index (χ1n) is 6.51. The summed E-state index contributed by atoms with van der Waals surface area (Å²) < 4.78 is 6.61. The van der Waals surface area contributed by atoms with Crippen molar-refractivity contribution in [3.8, 4) is 0 Å². The fraction of sp³-hybridized carbons (Fsp3) is 0.500. The van der Waals surface area contributed by atoms with Crippen molar-refractivity contribution >= 4 is 21.8 Å². The van der Waals surface area contributed by atoms with Gasteiger partial charge in [0.1, 0.15) is 6.10 Å². The van der Waals surface area contributed by atoms with Crippen LogP contribution >= 0.6 is 15.9 Å². The number of halogens is 1. The lowest BCUT2D eigenvalue weighted by Gasteiger charge is -2.18. The molecule has 0 saturated carbocycles. The molecular weight excluding hydrogens is 308 g/mol. The predicted octanol–water partition coefficient (Wildman–Crippen LogP) is 2.13. The molecule has 1 aromatic rings. The number of carbonyl (C=O) groups is 1. The quantitative estimate of drug-likeness (QED) is 0.890. The van der Waals surface area contributed by atoms with Crippen LogP contribution in [0, 0.1) is 0 Å². The molecule has 3 N–H and O–H groups in total. The highest BCUT2D eigenvalue weighted by atomic mass is 79.9. The first-order chi connectivity index (χ1) is 9.10. The van der Waals surface area contributed by atoms with Crippen LogP contribution < -0.4 is 11.1 Å². The highest BCUT2D eigenvalue weighted by Crippen LogP contribution is 2.21. The summed E-state index contributed by atoms with van der Waals surface area (Å²) in [5.41, 5.74) is 6.62. The van der Waals surface area contributed by atoms with Gasteiger partial charge in [0.05, 0.1) is 12.1 Å². The molecule has 104 valence electrons. The Morgan fingerprint density at radius 1 is 1.47 bits per heavy atom. The maximum absolute atomic E-state index is 12.1. The number of amides is 1. The van der Waals surface area contributed by atoms with E-state index in [1.807, 2.05) is 31.2 Å². The zero-order valence-electron chi connectivity index (χ0n) is 10.9. The van der Waals surface area contributed by atoms with Crippen molar-refractivity contribution < 1.29 is 9.53 Å². The molecule has 0 aromatic heterocycles. The molecule has 1 saturated heterocycles. The van der Waals surface area contributed by atoms with Gasteiger partial charge in [-0.2, -0.15) is 0 Å². The van der Waals surface area contributed by atoms with Crippen molar-refractivity contribution in [3.63, 3.8) is 0 Å². The SMILES string of the molecule is C[C@H](NC(=O)C1CCC(CN)O1)c1ccc(Br)cc1. The summed E-state index contributed by atoms with van der Waals surface area (Å²) in [4.78, 5) is 12.1. The summed E-state index contributed by atoms with van der Waals surface area (Å²) >= 11 is 3.39. The minimum Gasteiger partial charge on any atom is -0.364 e. The lowest BCUT2D eigenvalue weighted by Crippen LogP contribution is -2.36. The summed E-state index contributed by atoms with van der Waals surface area (Å²) in [6.45, 7) is 2.45. The van der Waals surface area contributed by atoms with Crippen LogP contribution in [0.3, 0.4) is 0 Å². The summed E-state index contributed by atoms with van der Waals surface area (Å²) in [6, 6.07) is 7.89. The third-order valence-electron chi connectivity index (χ3n) is 3.39. The van der Waals surface area contributed by atoms with Gasteiger partial charge < -0.3 is 15.8 Å². The first kappa shape index (κ1) is 14.5. The zero-order valence-corrected chi connectivity index (χ0v) is 12.5. The highest BCUT2D eigenvalue weighted by molar-refractivity contribution is 9.10. The first-order valence-corrected chi connectivity index (χ1v) is 7.31. The van der Waals surface area contributed by atoms with Crippen molar-refractivity contribution in [3.05, 3.63) is 34.3 Å². The van der Waals surface area contributed by atoms with Crippen LogP contribution in [0.2, 0.25) is 0 Å². The van der Waals surface area contributed by atoms with Crippen molar-refractivity contribution in [2.75, 3.05) is 6.54 Å². The normalized spacial score (nSPS) is 24.2. The molecule has 5 heteroatoms. The molecule has 4 nitrogen and oxygen atoms in total. The molecule has 2 unspecified atom stereocenters. The molecule has 1 heterocycles. The third kappa shape index (κ3) is 3.78. The highest BCUT2D eigenvalue weighted by Gasteiger charge is 2.30. The van der Waals surface area contributed by atoms with Crippen LogP contribution in [0.4, 0.5) is 0 Å². The van der Waals surface area contributed by atoms with Gasteiger partial charge in [-0.15, -0.1) is 0 Å². The number of nitrogens with two attached hydrogens (primary N) is 1. The minimum absolute atomic E-state index is 0.0266. The number of rotatable bonds is 4. The summed E-state index contributed by atoms with van der Waals surface area (Å²) in [6.07, 6.45) is 1.28. The summed E-state index contributed by atoms with van der Waals surface area (Å²) in [7, 11) is 0. The summed E-state index contributed by atoms with van der Waals surface area (Å²) in [5.74, 6) is -0.0497. The molecule has 1 aromatic carbocycles. The van der Waals surface area contributed by atoms with Gasteiger partial charge in [0, 0.05) is 11.0 Å². The van der Waals surface area contributed by atoms with Gasteiger partial charge in [-0.25, -0.2) is 0 Å². The molecule has 0 spiro atoms. The smallest absolute Gasteiger partial charge is 0.249 e. The van der Waals surface area contributed by atoms with Crippen LogP contribution in [0.5, 0.6) is 0 Å². The number of carbonyl (C=O) groups excluding carboxylic acids is 1. The number of ether oxygens (including phenoxy) is 1. The second-order valence-electron chi connectivity index (χ2n) is 4.84. The lowest BCUT2D eigenvalue weighted by molar-refractivity contribution is -0.132. The van der Waals surface area contributed by atoms with Crippen LogP contribution in [0.25, 0.3) is 0 Å². The Hall–Kier alpha value is -0.910. The van der Waals surface area contributed by atoms with Crippen molar-refractivity contribution in [2.45, 2.75) is 38.0 Å².